The number of hydrogen-bond donors (Lipinski definition) is 2. The van der Waals surface area contributed by atoms with Crippen LogP contribution in [0.5, 0.6) is 0 Å². The van der Waals surface area contributed by atoms with Crippen LogP contribution >= 0.6 is 0 Å². The molecule has 1 aliphatic heterocycles. The van der Waals surface area contributed by atoms with Crippen LogP contribution in [0.4, 0.5) is 17.1 Å². The Hall–Kier alpha value is -3.15. The molecule has 2 aromatic rings. The molecular weight excluding hydrogens is 342 g/mol. The van der Waals surface area contributed by atoms with Gasteiger partial charge in [-0.15, -0.1) is 0 Å². The highest BCUT2D eigenvalue weighted by molar-refractivity contribution is 6.03. The van der Waals surface area contributed by atoms with Crippen molar-refractivity contribution in [1.29, 1.82) is 0 Å². The maximum atomic E-state index is 12.6. The number of hydrogen-bond acceptors (Lipinski definition) is 3. The van der Waals surface area contributed by atoms with Crippen LogP contribution in [0.25, 0.3) is 0 Å². The lowest BCUT2D eigenvalue weighted by Crippen LogP contribution is -2.28. The summed E-state index contributed by atoms with van der Waals surface area (Å²) in [5.74, 6) is -0.755. The first kappa shape index (κ1) is 18.6. The maximum Gasteiger partial charge on any atom is 0.229 e. The predicted octanol–water partition coefficient (Wildman–Crippen LogP) is 3.20. The van der Waals surface area contributed by atoms with E-state index in [-0.39, 0.29) is 24.1 Å². The second kappa shape index (κ2) is 8.03. The van der Waals surface area contributed by atoms with E-state index in [1.54, 1.807) is 29.2 Å². The van der Waals surface area contributed by atoms with Crippen LogP contribution in [0.3, 0.4) is 0 Å². The van der Waals surface area contributed by atoms with Gasteiger partial charge in [0.1, 0.15) is 0 Å². The van der Waals surface area contributed by atoms with Gasteiger partial charge in [-0.3, -0.25) is 14.4 Å². The average Bonchev–Trinajstić information content (AvgIpc) is 3.04. The Morgan fingerprint density at radius 1 is 1.07 bits per heavy atom. The van der Waals surface area contributed by atoms with Gasteiger partial charge in [-0.05, 0) is 42.3 Å². The summed E-state index contributed by atoms with van der Waals surface area (Å²) in [5.41, 5.74) is 3.26. The monoisotopic (exact) mass is 365 g/mol. The molecule has 1 fully saturated rings. The molecule has 0 spiro atoms. The summed E-state index contributed by atoms with van der Waals surface area (Å²) >= 11 is 0. The average molecular weight is 365 g/mol. The molecule has 27 heavy (non-hydrogen) atoms. The summed E-state index contributed by atoms with van der Waals surface area (Å²) in [6.07, 6.45) is 1.01. The molecule has 0 radical (unpaired) electrons. The fourth-order valence-corrected chi connectivity index (χ4v) is 3.25. The van der Waals surface area contributed by atoms with Gasteiger partial charge in [-0.1, -0.05) is 25.1 Å². The highest BCUT2D eigenvalue weighted by Crippen LogP contribution is 2.27. The molecule has 2 N–H and O–H groups in total. The summed E-state index contributed by atoms with van der Waals surface area (Å²) < 4.78 is 0. The number of para-hydroxylation sites is 1. The van der Waals surface area contributed by atoms with Crippen LogP contribution < -0.4 is 15.5 Å². The van der Waals surface area contributed by atoms with E-state index in [0.29, 0.717) is 12.2 Å². The van der Waals surface area contributed by atoms with Crippen molar-refractivity contribution in [3.05, 3.63) is 54.1 Å². The molecule has 1 aliphatic rings. The van der Waals surface area contributed by atoms with Gasteiger partial charge in [0.2, 0.25) is 17.7 Å². The Morgan fingerprint density at radius 3 is 2.44 bits per heavy atom. The van der Waals surface area contributed by atoms with E-state index in [9.17, 15) is 14.4 Å². The molecule has 6 nitrogen and oxygen atoms in total. The molecule has 2 aromatic carbocycles. The van der Waals surface area contributed by atoms with Crippen molar-refractivity contribution in [2.45, 2.75) is 26.7 Å². The van der Waals surface area contributed by atoms with Crippen LogP contribution in [-0.2, 0) is 20.8 Å². The number of carbonyl (C=O) groups excluding carboxylic acids is 3. The largest absolute Gasteiger partial charge is 0.326 e. The highest BCUT2D eigenvalue weighted by Gasteiger charge is 2.35. The molecule has 3 amide bonds. The molecule has 1 unspecified atom stereocenters. The minimum Gasteiger partial charge on any atom is -0.326 e. The quantitative estimate of drug-likeness (QED) is 0.854. The van der Waals surface area contributed by atoms with Gasteiger partial charge in [0.15, 0.2) is 0 Å². The third-order valence-corrected chi connectivity index (χ3v) is 4.65. The van der Waals surface area contributed by atoms with E-state index in [2.05, 4.69) is 10.6 Å². The Balaban J connectivity index is 1.67. The first-order chi connectivity index (χ1) is 13.0. The summed E-state index contributed by atoms with van der Waals surface area (Å²) in [7, 11) is 0. The first-order valence-corrected chi connectivity index (χ1v) is 9.04. The summed E-state index contributed by atoms with van der Waals surface area (Å²) in [5, 5.41) is 5.65. The number of amides is 3. The number of anilines is 3. The fraction of sp³-hybridized carbons (Fsp3) is 0.286. The minimum atomic E-state index is -0.391. The number of nitrogens with one attached hydrogen (secondary N) is 2. The minimum absolute atomic E-state index is 0.0776. The topological polar surface area (TPSA) is 78.5 Å². The van der Waals surface area contributed by atoms with E-state index in [1.807, 2.05) is 31.2 Å². The second-order valence-corrected chi connectivity index (χ2v) is 6.63. The second-order valence-electron chi connectivity index (χ2n) is 6.63. The lowest BCUT2D eigenvalue weighted by Gasteiger charge is -2.17. The smallest absolute Gasteiger partial charge is 0.229 e. The number of carbonyl (C=O) groups is 3. The summed E-state index contributed by atoms with van der Waals surface area (Å²) in [6.45, 7) is 3.83. The first-order valence-electron chi connectivity index (χ1n) is 9.04. The molecule has 6 heteroatoms. The molecule has 0 aromatic heterocycles. The van der Waals surface area contributed by atoms with Gasteiger partial charge in [0.25, 0.3) is 0 Å². The molecule has 1 atom stereocenters. The van der Waals surface area contributed by atoms with Crippen molar-refractivity contribution in [1.82, 2.24) is 0 Å². The van der Waals surface area contributed by atoms with Crippen LogP contribution in [0, 0.1) is 5.92 Å². The molecule has 3 rings (SSSR count). The lowest BCUT2D eigenvalue weighted by atomic mass is 10.1. The van der Waals surface area contributed by atoms with Gasteiger partial charge in [0, 0.05) is 37.0 Å². The summed E-state index contributed by atoms with van der Waals surface area (Å²) in [4.78, 5) is 37.8. The van der Waals surface area contributed by atoms with Crippen LogP contribution in [0.2, 0.25) is 0 Å². The molecule has 1 heterocycles. The molecule has 0 aliphatic carbocycles. The van der Waals surface area contributed by atoms with Gasteiger partial charge >= 0.3 is 0 Å². The SMILES string of the molecule is CCc1ccccc1NC(=O)C1CC(=O)N(c2ccc(NC(C)=O)cc2)C1. The van der Waals surface area contributed by atoms with Crippen molar-refractivity contribution >= 4 is 34.8 Å². The van der Waals surface area contributed by atoms with Crippen molar-refractivity contribution < 1.29 is 14.4 Å². The third kappa shape index (κ3) is 4.34. The zero-order valence-corrected chi connectivity index (χ0v) is 15.5. The molecule has 140 valence electrons. The zero-order valence-electron chi connectivity index (χ0n) is 15.5. The van der Waals surface area contributed by atoms with E-state index in [1.165, 1.54) is 6.92 Å². The number of benzene rings is 2. The lowest BCUT2D eigenvalue weighted by molar-refractivity contribution is -0.122. The Morgan fingerprint density at radius 2 is 1.78 bits per heavy atom. The van der Waals surface area contributed by atoms with Crippen LogP contribution in [0.15, 0.2) is 48.5 Å². The molecular formula is C21H23N3O3. The zero-order chi connectivity index (χ0) is 19.4. The fourth-order valence-electron chi connectivity index (χ4n) is 3.25. The van der Waals surface area contributed by atoms with Crippen molar-refractivity contribution in [3.63, 3.8) is 0 Å². The van der Waals surface area contributed by atoms with Gasteiger partial charge in [-0.2, -0.15) is 0 Å². The van der Waals surface area contributed by atoms with E-state index in [4.69, 9.17) is 0 Å². The number of rotatable bonds is 5. The van der Waals surface area contributed by atoms with Crippen molar-refractivity contribution in [3.8, 4) is 0 Å². The van der Waals surface area contributed by atoms with Gasteiger partial charge in [-0.25, -0.2) is 0 Å². The summed E-state index contributed by atoms with van der Waals surface area (Å²) in [6, 6.07) is 14.7. The molecule has 0 bridgehead atoms. The van der Waals surface area contributed by atoms with Crippen molar-refractivity contribution in [2.24, 2.45) is 5.92 Å². The standard InChI is InChI=1S/C21H23N3O3/c1-3-15-6-4-5-7-19(15)23-21(27)16-12-20(26)24(13-16)18-10-8-17(9-11-18)22-14(2)25/h4-11,16H,3,12-13H2,1-2H3,(H,22,25)(H,23,27). The maximum absolute atomic E-state index is 12.6. The normalized spacial score (nSPS) is 16.3. The number of nitrogens with zero attached hydrogens (tertiary/aromatic N) is 1. The third-order valence-electron chi connectivity index (χ3n) is 4.65. The van der Waals surface area contributed by atoms with Gasteiger partial charge < -0.3 is 15.5 Å². The Bertz CT molecular complexity index is 861. The Labute approximate surface area is 158 Å². The Kier molecular flexibility index (Phi) is 5.54. The molecule has 0 saturated carbocycles. The van der Waals surface area contributed by atoms with E-state index >= 15 is 0 Å². The number of aryl methyl sites for hydroxylation is 1. The van der Waals surface area contributed by atoms with E-state index in [0.717, 1.165) is 23.4 Å². The van der Waals surface area contributed by atoms with Crippen LogP contribution in [-0.4, -0.2) is 24.3 Å². The molecule has 1 saturated heterocycles. The van der Waals surface area contributed by atoms with Crippen molar-refractivity contribution in [2.75, 3.05) is 22.1 Å². The van der Waals surface area contributed by atoms with Gasteiger partial charge in [0.05, 0.1) is 5.92 Å². The van der Waals surface area contributed by atoms with E-state index < -0.39 is 5.92 Å². The predicted molar refractivity (Wildman–Crippen MR) is 106 cm³/mol. The van der Waals surface area contributed by atoms with Crippen LogP contribution in [0.1, 0.15) is 25.8 Å². The highest BCUT2D eigenvalue weighted by atomic mass is 16.2.